The van der Waals surface area contributed by atoms with Crippen molar-refractivity contribution in [3.63, 3.8) is 0 Å². The minimum absolute atomic E-state index is 0.0507. The van der Waals surface area contributed by atoms with Crippen LogP contribution in [0, 0.1) is 0 Å². The van der Waals surface area contributed by atoms with Gasteiger partial charge in [0.2, 0.25) is 5.91 Å². The topological polar surface area (TPSA) is 88.3 Å². The van der Waals surface area contributed by atoms with Crippen LogP contribution < -0.4 is 4.90 Å². The predicted molar refractivity (Wildman–Crippen MR) is 85.5 cm³/mol. The number of hydrogen-bond donors (Lipinski definition) is 1. The molecule has 0 aliphatic heterocycles. The van der Waals surface area contributed by atoms with Gasteiger partial charge in [-0.1, -0.05) is 38.1 Å². The summed E-state index contributed by atoms with van der Waals surface area (Å²) in [5, 5.41) is 15.9. The van der Waals surface area contributed by atoms with Crippen molar-refractivity contribution in [2.75, 3.05) is 11.9 Å². The predicted octanol–water partition coefficient (Wildman–Crippen LogP) is 1.94. The molecule has 0 aliphatic rings. The first kappa shape index (κ1) is 16.7. The van der Waals surface area contributed by atoms with Crippen molar-refractivity contribution in [2.24, 2.45) is 0 Å². The van der Waals surface area contributed by atoms with E-state index in [2.05, 4.69) is 31.1 Å². The summed E-state index contributed by atoms with van der Waals surface area (Å²) < 4.78 is 1.21. The average Bonchev–Trinajstić information content (AvgIpc) is 2.94. The van der Waals surface area contributed by atoms with Crippen LogP contribution in [0.25, 0.3) is 0 Å². The summed E-state index contributed by atoms with van der Waals surface area (Å²) in [6, 6.07) is 7.78. The first-order chi connectivity index (χ1) is 10.7. The largest absolute Gasteiger partial charge is 0.476 e. The number of carboxylic acid groups (broad SMARTS) is 1. The van der Waals surface area contributed by atoms with Gasteiger partial charge in [-0.05, 0) is 23.1 Å². The van der Waals surface area contributed by atoms with Crippen molar-refractivity contribution in [2.45, 2.75) is 32.7 Å². The number of amides is 1. The Morgan fingerprint density at radius 2 is 1.83 bits per heavy atom. The van der Waals surface area contributed by atoms with Gasteiger partial charge in [0, 0.05) is 12.7 Å². The van der Waals surface area contributed by atoms with E-state index in [1.165, 1.54) is 21.3 Å². The first-order valence-corrected chi connectivity index (χ1v) is 7.19. The fourth-order valence-corrected chi connectivity index (χ4v) is 2.05. The molecule has 0 saturated carbocycles. The third kappa shape index (κ3) is 3.94. The number of likely N-dealkylation sites (N-methyl/N-ethyl adjacent to an activating group) is 1. The molecular formula is C16H20N4O3. The Morgan fingerprint density at radius 3 is 2.30 bits per heavy atom. The molecule has 0 bridgehead atoms. The standard InChI is InChI=1S/C16H20N4O3/c1-16(2,3)11-5-7-12(8-6-11)19(4)14(21)10-20-9-13(15(22)23)17-18-20/h5-9H,10H2,1-4H3,(H,22,23). The maximum atomic E-state index is 12.3. The normalized spacial score (nSPS) is 11.3. The molecule has 2 rings (SSSR count). The van der Waals surface area contributed by atoms with Crippen LogP contribution in [0.1, 0.15) is 36.8 Å². The van der Waals surface area contributed by atoms with Gasteiger partial charge in [0.05, 0.1) is 6.20 Å². The second-order valence-corrected chi connectivity index (χ2v) is 6.36. The van der Waals surface area contributed by atoms with Crippen LogP contribution in [0.15, 0.2) is 30.5 Å². The van der Waals surface area contributed by atoms with Gasteiger partial charge in [0.1, 0.15) is 6.54 Å². The minimum atomic E-state index is -1.17. The Labute approximate surface area is 134 Å². The van der Waals surface area contributed by atoms with Crippen LogP contribution in [0.3, 0.4) is 0 Å². The summed E-state index contributed by atoms with van der Waals surface area (Å²) in [5.74, 6) is -1.38. The summed E-state index contributed by atoms with van der Waals surface area (Å²) in [5.41, 5.74) is 1.82. The number of carbonyl (C=O) groups excluding carboxylic acids is 1. The molecule has 0 aliphatic carbocycles. The number of nitrogens with zero attached hydrogens (tertiary/aromatic N) is 4. The van der Waals surface area contributed by atoms with Crippen LogP contribution in [0.5, 0.6) is 0 Å². The second-order valence-electron chi connectivity index (χ2n) is 6.36. The van der Waals surface area contributed by atoms with E-state index in [0.29, 0.717) is 0 Å². The van der Waals surface area contributed by atoms with Crippen molar-refractivity contribution < 1.29 is 14.7 Å². The van der Waals surface area contributed by atoms with Gasteiger partial charge < -0.3 is 10.0 Å². The zero-order valence-corrected chi connectivity index (χ0v) is 13.6. The van der Waals surface area contributed by atoms with Crippen molar-refractivity contribution in [1.29, 1.82) is 0 Å². The van der Waals surface area contributed by atoms with Gasteiger partial charge in [-0.3, -0.25) is 4.79 Å². The lowest BCUT2D eigenvalue weighted by atomic mass is 9.87. The number of aromatic carboxylic acids is 1. The summed E-state index contributed by atoms with van der Waals surface area (Å²) in [6.45, 7) is 6.31. The molecule has 7 heteroatoms. The zero-order chi connectivity index (χ0) is 17.2. The van der Waals surface area contributed by atoms with Gasteiger partial charge in [0.25, 0.3) is 0 Å². The highest BCUT2D eigenvalue weighted by Gasteiger charge is 2.17. The molecule has 0 fully saturated rings. The third-order valence-electron chi connectivity index (χ3n) is 3.55. The number of hydrogen-bond acceptors (Lipinski definition) is 4. The Kier molecular flexibility index (Phi) is 4.49. The van der Waals surface area contributed by atoms with E-state index in [1.807, 2.05) is 24.3 Å². The van der Waals surface area contributed by atoms with E-state index in [4.69, 9.17) is 5.11 Å². The van der Waals surface area contributed by atoms with E-state index >= 15 is 0 Å². The molecule has 1 N–H and O–H groups in total. The average molecular weight is 316 g/mol. The fourth-order valence-electron chi connectivity index (χ4n) is 2.05. The molecule has 1 heterocycles. The molecule has 2 aromatic rings. The summed E-state index contributed by atoms with van der Waals surface area (Å²) in [4.78, 5) is 24.5. The Morgan fingerprint density at radius 1 is 1.22 bits per heavy atom. The number of aromatic nitrogens is 3. The smallest absolute Gasteiger partial charge is 0.358 e. The maximum absolute atomic E-state index is 12.3. The van der Waals surface area contributed by atoms with Gasteiger partial charge in [-0.2, -0.15) is 0 Å². The number of carboxylic acids is 1. The molecule has 23 heavy (non-hydrogen) atoms. The molecule has 0 spiro atoms. The quantitative estimate of drug-likeness (QED) is 0.931. The van der Waals surface area contributed by atoms with E-state index in [-0.39, 0.29) is 23.6 Å². The highest BCUT2D eigenvalue weighted by molar-refractivity contribution is 5.92. The first-order valence-electron chi connectivity index (χ1n) is 7.19. The molecule has 1 amide bonds. The molecule has 0 saturated heterocycles. The van der Waals surface area contributed by atoms with Gasteiger partial charge in [-0.25, -0.2) is 9.48 Å². The minimum Gasteiger partial charge on any atom is -0.476 e. The lowest BCUT2D eigenvalue weighted by Crippen LogP contribution is -2.30. The third-order valence-corrected chi connectivity index (χ3v) is 3.55. The maximum Gasteiger partial charge on any atom is 0.358 e. The monoisotopic (exact) mass is 316 g/mol. The highest BCUT2D eigenvalue weighted by atomic mass is 16.4. The summed E-state index contributed by atoms with van der Waals surface area (Å²) >= 11 is 0. The van der Waals surface area contributed by atoms with Crippen LogP contribution in [0.4, 0.5) is 5.69 Å². The lowest BCUT2D eigenvalue weighted by Gasteiger charge is -2.21. The van der Waals surface area contributed by atoms with Crippen molar-refractivity contribution in [1.82, 2.24) is 15.0 Å². The Balaban J connectivity index is 2.08. The molecule has 0 unspecified atom stereocenters. The van der Waals surface area contributed by atoms with Gasteiger partial charge >= 0.3 is 5.97 Å². The number of carbonyl (C=O) groups is 2. The second kappa shape index (κ2) is 6.20. The van der Waals surface area contributed by atoms with E-state index in [1.54, 1.807) is 7.05 Å². The van der Waals surface area contributed by atoms with Gasteiger partial charge in [-0.15, -0.1) is 5.10 Å². The molecular weight excluding hydrogens is 296 g/mol. The molecule has 1 aromatic heterocycles. The van der Waals surface area contributed by atoms with E-state index in [9.17, 15) is 9.59 Å². The summed E-state index contributed by atoms with van der Waals surface area (Å²) in [7, 11) is 1.67. The molecule has 1 aromatic carbocycles. The molecule has 7 nitrogen and oxygen atoms in total. The molecule has 0 radical (unpaired) electrons. The number of benzene rings is 1. The number of rotatable bonds is 4. The molecule has 0 atom stereocenters. The van der Waals surface area contributed by atoms with Crippen LogP contribution in [-0.2, 0) is 16.8 Å². The highest BCUT2D eigenvalue weighted by Crippen LogP contribution is 2.24. The van der Waals surface area contributed by atoms with Crippen molar-refractivity contribution in [3.05, 3.63) is 41.7 Å². The Bertz CT molecular complexity index is 714. The van der Waals surface area contributed by atoms with Gasteiger partial charge in [0.15, 0.2) is 5.69 Å². The number of anilines is 1. The van der Waals surface area contributed by atoms with E-state index in [0.717, 1.165) is 5.69 Å². The Hall–Kier alpha value is -2.70. The van der Waals surface area contributed by atoms with E-state index < -0.39 is 5.97 Å². The van der Waals surface area contributed by atoms with Crippen LogP contribution >= 0.6 is 0 Å². The van der Waals surface area contributed by atoms with Crippen LogP contribution in [-0.4, -0.2) is 39.0 Å². The van der Waals surface area contributed by atoms with Crippen molar-refractivity contribution >= 4 is 17.6 Å². The fraction of sp³-hybridized carbons (Fsp3) is 0.375. The van der Waals surface area contributed by atoms with Crippen molar-refractivity contribution in [3.8, 4) is 0 Å². The summed E-state index contributed by atoms with van der Waals surface area (Å²) in [6.07, 6.45) is 1.23. The van der Waals surface area contributed by atoms with Crippen LogP contribution in [0.2, 0.25) is 0 Å². The molecule has 122 valence electrons. The zero-order valence-electron chi connectivity index (χ0n) is 13.6. The lowest BCUT2D eigenvalue weighted by molar-refractivity contribution is -0.119. The SMILES string of the molecule is CN(C(=O)Cn1cc(C(=O)O)nn1)c1ccc(C(C)(C)C)cc1.